The molecule has 0 saturated carbocycles. The highest BCUT2D eigenvalue weighted by Gasteiger charge is 2.38. The zero-order chi connectivity index (χ0) is 45.3. The maximum absolute atomic E-state index is 2.46. The Morgan fingerprint density at radius 1 is 0.309 bits per heavy atom. The van der Waals surface area contributed by atoms with E-state index in [1.807, 2.05) is 0 Å². The third kappa shape index (κ3) is 7.13. The van der Waals surface area contributed by atoms with Gasteiger partial charge in [-0.25, -0.2) is 0 Å². The zero-order valence-corrected chi connectivity index (χ0v) is 37.6. The van der Waals surface area contributed by atoms with E-state index < -0.39 is 5.41 Å². The number of benzene rings is 11. The minimum absolute atomic E-state index is 0.499. The number of rotatable bonds is 10. The van der Waals surface area contributed by atoms with Crippen LogP contribution in [0.5, 0.6) is 0 Å². The molecule has 0 N–H and O–H groups in total. The summed E-state index contributed by atoms with van der Waals surface area (Å²) in [6, 6.07) is 102. The van der Waals surface area contributed by atoms with Gasteiger partial charge in [0.15, 0.2) is 0 Å². The highest BCUT2D eigenvalue weighted by atomic mass is 15.0. The van der Waals surface area contributed by atoms with Gasteiger partial charge < -0.3 is 4.57 Å². The molecule has 0 aliphatic carbocycles. The number of hydrogen-bond donors (Lipinski definition) is 0. The molecule has 1 heterocycles. The highest BCUT2D eigenvalue weighted by molar-refractivity contribution is 6.12. The van der Waals surface area contributed by atoms with Crippen LogP contribution in [0.4, 0.5) is 0 Å². The van der Waals surface area contributed by atoms with E-state index in [9.17, 15) is 0 Å². The van der Waals surface area contributed by atoms with Gasteiger partial charge >= 0.3 is 0 Å². The average Bonchev–Trinajstić information content (AvgIpc) is 3.75. The minimum Gasteiger partial charge on any atom is -0.309 e. The summed E-state index contributed by atoms with van der Waals surface area (Å²) in [4.78, 5) is 0. The Balaban J connectivity index is 0.932. The van der Waals surface area contributed by atoms with Crippen molar-refractivity contribution in [3.8, 4) is 27.9 Å². The summed E-state index contributed by atoms with van der Waals surface area (Å²) >= 11 is 0. The number of para-hydroxylation sites is 1. The Hall–Kier alpha value is -8.78. The van der Waals surface area contributed by atoms with E-state index in [2.05, 4.69) is 290 Å². The molecule has 0 spiro atoms. The first kappa shape index (κ1) is 40.7. The van der Waals surface area contributed by atoms with Crippen LogP contribution in [0.15, 0.2) is 279 Å². The lowest BCUT2D eigenvalue weighted by Crippen LogP contribution is -2.30. The van der Waals surface area contributed by atoms with Gasteiger partial charge in [-0.15, -0.1) is 0 Å². The summed E-state index contributed by atoms with van der Waals surface area (Å²) in [6.45, 7) is 0. The van der Waals surface area contributed by atoms with Gasteiger partial charge in [-0.1, -0.05) is 255 Å². The topological polar surface area (TPSA) is 4.93 Å². The molecule has 0 aliphatic rings. The van der Waals surface area contributed by atoms with Crippen molar-refractivity contribution in [3.05, 3.63) is 318 Å². The van der Waals surface area contributed by atoms with Crippen LogP contribution >= 0.6 is 0 Å². The van der Waals surface area contributed by atoms with Gasteiger partial charge in [0.05, 0.1) is 22.1 Å². The molecule has 320 valence electrons. The molecule has 1 heteroatoms. The molecule has 0 atom stereocenters. The largest absolute Gasteiger partial charge is 0.309 e. The van der Waals surface area contributed by atoms with Crippen molar-refractivity contribution < 1.29 is 0 Å². The van der Waals surface area contributed by atoms with Crippen molar-refractivity contribution >= 4 is 44.2 Å². The number of fused-ring (bicyclic) bond motifs is 4. The van der Waals surface area contributed by atoms with Gasteiger partial charge in [0.25, 0.3) is 0 Å². The molecule has 68 heavy (non-hydrogen) atoms. The average molecular weight is 866 g/mol. The summed E-state index contributed by atoms with van der Waals surface area (Å²) < 4.78 is 2.46. The van der Waals surface area contributed by atoms with Crippen molar-refractivity contribution in [1.82, 2.24) is 4.57 Å². The van der Waals surface area contributed by atoms with Crippen LogP contribution in [0, 0.1) is 0 Å². The molecule has 0 amide bonds. The quantitative estimate of drug-likeness (QED) is 0.0953. The Bertz CT molecular complexity index is 3580. The standard InChI is InChI=1S/C67H47N/c1-6-20-50(21-7-1)62(51-22-8-2-9-23-51)46-48-34-36-49(37-35-48)53-40-44-66-63(47-53)61-32-18-19-33-64(61)68(66)65-45-43-58(59-30-16-17-31-60(59)65)52-38-41-57(42-39-52)67(54-24-10-3-11-25-54,55-26-12-4-13-27-55)56-28-14-5-15-29-56/h1-47H. The highest BCUT2D eigenvalue weighted by Crippen LogP contribution is 2.46. The van der Waals surface area contributed by atoms with E-state index in [4.69, 9.17) is 0 Å². The molecule has 0 saturated heterocycles. The molecule has 0 aliphatic heterocycles. The van der Waals surface area contributed by atoms with E-state index in [0.29, 0.717) is 0 Å². The fourth-order valence-electron chi connectivity index (χ4n) is 10.6. The van der Waals surface area contributed by atoms with Crippen molar-refractivity contribution in [1.29, 1.82) is 0 Å². The van der Waals surface area contributed by atoms with E-state index in [1.54, 1.807) is 0 Å². The lowest BCUT2D eigenvalue weighted by atomic mass is 9.65. The first-order valence-electron chi connectivity index (χ1n) is 23.5. The van der Waals surface area contributed by atoms with Gasteiger partial charge in [-0.3, -0.25) is 0 Å². The number of hydrogen-bond acceptors (Lipinski definition) is 0. The third-order valence-corrected chi connectivity index (χ3v) is 13.8. The molecule has 12 rings (SSSR count). The molecule has 11 aromatic carbocycles. The van der Waals surface area contributed by atoms with Crippen molar-refractivity contribution in [2.45, 2.75) is 5.41 Å². The number of nitrogens with zero attached hydrogens (tertiary/aromatic N) is 1. The van der Waals surface area contributed by atoms with Gasteiger partial charge in [0.1, 0.15) is 0 Å². The van der Waals surface area contributed by atoms with E-state index >= 15 is 0 Å². The fraction of sp³-hybridized carbons (Fsp3) is 0.0149. The monoisotopic (exact) mass is 865 g/mol. The predicted octanol–water partition coefficient (Wildman–Crippen LogP) is 17.2. The predicted molar refractivity (Wildman–Crippen MR) is 287 cm³/mol. The second-order valence-corrected chi connectivity index (χ2v) is 17.6. The Kier molecular flexibility index (Phi) is 10.5. The summed E-state index contributed by atoms with van der Waals surface area (Å²) in [5.74, 6) is 0. The van der Waals surface area contributed by atoms with Crippen molar-refractivity contribution in [3.63, 3.8) is 0 Å². The van der Waals surface area contributed by atoms with Crippen LogP contribution in [0.3, 0.4) is 0 Å². The van der Waals surface area contributed by atoms with Crippen LogP contribution < -0.4 is 0 Å². The molecule has 12 aromatic rings. The normalized spacial score (nSPS) is 11.5. The summed E-state index contributed by atoms with van der Waals surface area (Å²) in [5, 5.41) is 4.90. The van der Waals surface area contributed by atoms with E-state index in [-0.39, 0.29) is 0 Å². The molecule has 0 bridgehead atoms. The van der Waals surface area contributed by atoms with Gasteiger partial charge in [0, 0.05) is 16.2 Å². The SMILES string of the molecule is C(=C(c1ccccc1)c1ccccc1)c1ccc(-c2ccc3c(c2)c2ccccc2n3-c2ccc(-c3ccc(C(c4ccccc4)(c4ccccc4)c4ccccc4)cc3)c3ccccc23)cc1. The second-order valence-electron chi connectivity index (χ2n) is 17.6. The zero-order valence-electron chi connectivity index (χ0n) is 37.6. The molecular formula is C67H47N. The molecule has 0 fully saturated rings. The van der Waals surface area contributed by atoms with Crippen molar-refractivity contribution in [2.24, 2.45) is 0 Å². The van der Waals surface area contributed by atoms with Crippen molar-refractivity contribution in [2.75, 3.05) is 0 Å². The van der Waals surface area contributed by atoms with Crippen LogP contribution in [-0.4, -0.2) is 4.57 Å². The van der Waals surface area contributed by atoms with Crippen LogP contribution in [0.25, 0.3) is 72.2 Å². The molecule has 0 radical (unpaired) electrons. The molecule has 1 aromatic heterocycles. The van der Waals surface area contributed by atoms with E-state index in [0.717, 1.165) is 0 Å². The van der Waals surface area contributed by atoms with Crippen LogP contribution in [0.1, 0.15) is 38.9 Å². The number of aromatic nitrogens is 1. The van der Waals surface area contributed by atoms with E-state index in [1.165, 1.54) is 105 Å². The first-order chi connectivity index (χ1) is 33.7. The van der Waals surface area contributed by atoms with Gasteiger partial charge in [-0.05, 0) is 102 Å². The Morgan fingerprint density at radius 3 is 1.32 bits per heavy atom. The summed E-state index contributed by atoms with van der Waals surface area (Å²) in [7, 11) is 0. The van der Waals surface area contributed by atoms with Crippen LogP contribution in [-0.2, 0) is 5.41 Å². The molecule has 0 unspecified atom stereocenters. The summed E-state index contributed by atoms with van der Waals surface area (Å²) in [5.41, 5.74) is 17.5. The van der Waals surface area contributed by atoms with Gasteiger partial charge in [-0.2, -0.15) is 0 Å². The van der Waals surface area contributed by atoms with Crippen LogP contribution in [0.2, 0.25) is 0 Å². The first-order valence-corrected chi connectivity index (χ1v) is 23.5. The lowest BCUT2D eigenvalue weighted by molar-refractivity contribution is 0.745. The third-order valence-electron chi connectivity index (χ3n) is 13.8. The second kappa shape index (κ2) is 17.5. The maximum atomic E-state index is 2.46. The fourth-order valence-corrected chi connectivity index (χ4v) is 10.6. The Morgan fingerprint density at radius 2 is 0.750 bits per heavy atom. The Labute approximate surface area is 398 Å². The van der Waals surface area contributed by atoms with Gasteiger partial charge in [0.2, 0.25) is 0 Å². The smallest absolute Gasteiger partial charge is 0.0701 e. The summed E-state index contributed by atoms with van der Waals surface area (Å²) in [6.07, 6.45) is 2.30. The molecule has 1 nitrogen and oxygen atoms in total. The lowest BCUT2D eigenvalue weighted by Gasteiger charge is -2.37. The maximum Gasteiger partial charge on any atom is 0.0701 e. The molecular weight excluding hydrogens is 819 g/mol. The minimum atomic E-state index is -0.499.